The number of carbonyl (C=O) groups excluding carboxylic acids is 1. The fourth-order valence-corrected chi connectivity index (χ4v) is 1.68. The van der Waals surface area contributed by atoms with Crippen LogP contribution in [0.1, 0.15) is 25.8 Å². The summed E-state index contributed by atoms with van der Waals surface area (Å²) >= 11 is 0. The van der Waals surface area contributed by atoms with Gasteiger partial charge in [-0.15, -0.1) is 0 Å². The number of aliphatic carboxylic acids is 1. The van der Waals surface area contributed by atoms with Crippen LogP contribution < -0.4 is 0 Å². The summed E-state index contributed by atoms with van der Waals surface area (Å²) in [5.74, 6) is -0.871. The van der Waals surface area contributed by atoms with Crippen molar-refractivity contribution < 1.29 is 14.7 Å². The SMILES string of the molecule is CC(C)CC(=O)N(CC(=O)O)Cc1ccccc1. The molecule has 0 aliphatic carbocycles. The van der Waals surface area contributed by atoms with Gasteiger partial charge in [-0.25, -0.2) is 0 Å². The number of carbonyl (C=O) groups is 2. The van der Waals surface area contributed by atoms with Crippen molar-refractivity contribution in [3.8, 4) is 0 Å². The van der Waals surface area contributed by atoms with Gasteiger partial charge < -0.3 is 10.0 Å². The van der Waals surface area contributed by atoms with Crippen LogP contribution in [0.2, 0.25) is 0 Å². The van der Waals surface area contributed by atoms with E-state index in [-0.39, 0.29) is 18.4 Å². The molecule has 0 unspecified atom stereocenters. The van der Waals surface area contributed by atoms with Crippen molar-refractivity contribution in [1.82, 2.24) is 4.90 Å². The molecule has 0 saturated heterocycles. The summed E-state index contributed by atoms with van der Waals surface area (Å²) < 4.78 is 0. The maximum atomic E-state index is 12.0. The van der Waals surface area contributed by atoms with Crippen molar-refractivity contribution in [2.75, 3.05) is 6.54 Å². The Morgan fingerprint density at radius 2 is 1.83 bits per heavy atom. The summed E-state index contributed by atoms with van der Waals surface area (Å²) in [6, 6.07) is 9.42. The maximum Gasteiger partial charge on any atom is 0.323 e. The van der Waals surface area contributed by atoms with E-state index >= 15 is 0 Å². The molecule has 0 saturated carbocycles. The quantitative estimate of drug-likeness (QED) is 0.840. The minimum absolute atomic E-state index is 0.115. The predicted octanol–water partition coefficient (Wildman–Crippen LogP) is 2.15. The second-order valence-corrected chi connectivity index (χ2v) is 4.73. The second-order valence-electron chi connectivity index (χ2n) is 4.73. The average molecular weight is 249 g/mol. The van der Waals surface area contributed by atoms with Gasteiger partial charge in [-0.3, -0.25) is 9.59 Å². The van der Waals surface area contributed by atoms with Crippen molar-refractivity contribution in [3.63, 3.8) is 0 Å². The van der Waals surface area contributed by atoms with Gasteiger partial charge >= 0.3 is 5.97 Å². The van der Waals surface area contributed by atoms with Crippen LogP contribution in [0.3, 0.4) is 0 Å². The van der Waals surface area contributed by atoms with Gasteiger partial charge in [-0.2, -0.15) is 0 Å². The summed E-state index contributed by atoms with van der Waals surface area (Å²) in [4.78, 5) is 24.1. The molecule has 1 aromatic rings. The number of carboxylic acids is 1. The van der Waals surface area contributed by atoms with Crippen LogP contribution in [0.15, 0.2) is 30.3 Å². The zero-order chi connectivity index (χ0) is 13.5. The molecule has 0 aliphatic heterocycles. The molecule has 0 fully saturated rings. The van der Waals surface area contributed by atoms with E-state index in [1.165, 1.54) is 4.90 Å². The van der Waals surface area contributed by atoms with Crippen LogP contribution >= 0.6 is 0 Å². The molecule has 0 atom stereocenters. The lowest BCUT2D eigenvalue weighted by Crippen LogP contribution is -2.35. The molecular formula is C14H19NO3. The van der Waals surface area contributed by atoms with Crippen LogP contribution in [0.25, 0.3) is 0 Å². The van der Waals surface area contributed by atoms with Gasteiger partial charge in [0, 0.05) is 13.0 Å². The molecule has 0 radical (unpaired) electrons. The number of benzene rings is 1. The highest BCUT2D eigenvalue weighted by Crippen LogP contribution is 2.09. The number of hydrogen-bond acceptors (Lipinski definition) is 2. The Bertz CT molecular complexity index is 401. The smallest absolute Gasteiger partial charge is 0.323 e. The molecule has 0 heterocycles. The monoisotopic (exact) mass is 249 g/mol. The van der Waals surface area contributed by atoms with Gasteiger partial charge in [0.05, 0.1) is 0 Å². The zero-order valence-electron chi connectivity index (χ0n) is 10.8. The number of nitrogens with zero attached hydrogens (tertiary/aromatic N) is 1. The molecule has 1 rings (SSSR count). The lowest BCUT2D eigenvalue weighted by Gasteiger charge is -2.21. The van der Waals surface area contributed by atoms with Gasteiger partial charge in [0.2, 0.25) is 5.91 Å². The van der Waals surface area contributed by atoms with Crippen molar-refractivity contribution in [3.05, 3.63) is 35.9 Å². The van der Waals surface area contributed by atoms with Crippen molar-refractivity contribution in [2.45, 2.75) is 26.8 Å². The Hall–Kier alpha value is -1.84. The summed E-state index contributed by atoms with van der Waals surface area (Å²) in [5.41, 5.74) is 0.941. The van der Waals surface area contributed by atoms with Crippen LogP contribution in [-0.2, 0) is 16.1 Å². The van der Waals surface area contributed by atoms with Crippen LogP contribution in [-0.4, -0.2) is 28.4 Å². The molecule has 1 amide bonds. The molecule has 1 N–H and O–H groups in total. The summed E-state index contributed by atoms with van der Waals surface area (Å²) in [6.07, 6.45) is 0.375. The topological polar surface area (TPSA) is 57.6 Å². The van der Waals surface area contributed by atoms with E-state index in [4.69, 9.17) is 5.11 Å². The van der Waals surface area contributed by atoms with Crippen molar-refractivity contribution in [2.24, 2.45) is 5.92 Å². The summed E-state index contributed by atoms with van der Waals surface area (Å²) in [7, 11) is 0. The van der Waals surface area contributed by atoms with E-state index in [0.717, 1.165) is 5.56 Å². The lowest BCUT2D eigenvalue weighted by atomic mass is 10.1. The van der Waals surface area contributed by atoms with Gasteiger partial charge in [0.25, 0.3) is 0 Å². The van der Waals surface area contributed by atoms with Crippen LogP contribution in [0.5, 0.6) is 0 Å². The molecular weight excluding hydrogens is 230 g/mol. The third kappa shape index (κ3) is 4.99. The van der Waals surface area contributed by atoms with E-state index in [2.05, 4.69) is 0 Å². The van der Waals surface area contributed by atoms with Gasteiger partial charge in [0.15, 0.2) is 0 Å². The third-order valence-electron chi connectivity index (χ3n) is 2.48. The Labute approximate surface area is 107 Å². The minimum Gasteiger partial charge on any atom is -0.480 e. The summed E-state index contributed by atoms with van der Waals surface area (Å²) in [6.45, 7) is 3.98. The fourth-order valence-electron chi connectivity index (χ4n) is 1.68. The van der Waals surface area contributed by atoms with Crippen molar-refractivity contribution in [1.29, 1.82) is 0 Å². The molecule has 98 valence electrons. The average Bonchev–Trinajstić information content (AvgIpc) is 2.28. The first-order chi connectivity index (χ1) is 8.49. The lowest BCUT2D eigenvalue weighted by molar-refractivity contribution is -0.145. The standard InChI is InChI=1S/C14H19NO3/c1-11(2)8-13(16)15(10-14(17)18)9-12-6-4-3-5-7-12/h3-7,11H,8-10H2,1-2H3,(H,17,18). The fraction of sp³-hybridized carbons (Fsp3) is 0.429. The van der Waals surface area contributed by atoms with E-state index in [1.54, 1.807) is 0 Å². The first-order valence-corrected chi connectivity index (χ1v) is 6.02. The third-order valence-corrected chi connectivity index (χ3v) is 2.48. The minimum atomic E-state index is -0.983. The van der Waals surface area contributed by atoms with E-state index < -0.39 is 5.97 Å². The summed E-state index contributed by atoms with van der Waals surface area (Å²) in [5, 5.41) is 8.85. The van der Waals surface area contributed by atoms with Gasteiger partial charge in [-0.1, -0.05) is 44.2 Å². The molecule has 0 aromatic heterocycles. The number of carboxylic acid groups (broad SMARTS) is 1. The Morgan fingerprint density at radius 3 is 2.33 bits per heavy atom. The first-order valence-electron chi connectivity index (χ1n) is 6.02. The maximum absolute atomic E-state index is 12.0. The van der Waals surface area contributed by atoms with Crippen molar-refractivity contribution >= 4 is 11.9 Å². The van der Waals surface area contributed by atoms with E-state index in [1.807, 2.05) is 44.2 Å². The van der Waals surface area contributed by atoms with E-state index in [0.29, 0.717) is 13.0 Å². The molecule has 4 nitrogen and oxygen atoms in total. The highest BCUT2D eigenvalue weighted by atomic mass is 16.4. The largest absolute Gasteiger partial charge is 0.480 e. The van der Waals surface area contributed by atoms with Crippen LogP contribution in [0, 0.1) is 5.92 Å². The first kappa shape index (κ1) is 14.2. The predicted molar refractivity (Wildman–Crippen MR) is 68.9 cm³/mol. The van der Waals surface area contributed by atoms with Gasteiger partial charge in [-0.05, 0) is 11.5 Å². The normalized spacial score (nSPS) is 10.4. The van der Waals surface area contributed by atoms with Crippen LogP contribution in [0.4, 0.5) is 0 Å². The Kier molecular flexibility index (Phi) is 5.36. The number of rotatable bonds is 6. The highest BCUT2D eigenvalue weighted by molar-refractivity contribution is 5.81. The number of amides is 1. The molecule has 1 aromatic carbocycles. The molecule has 0 spiro atoms. The Balaban J connectivity index is 2.72. The zero-order valence-corrected chi connectivity index (χ0v) is 10.8. The molecule has 0 aliphatic rings. The highest BCUT2D eigenvalue weighted by Gasteiger charge is 2.17. The Morgan fingerprint density at radius 1 is 1.22 bits per heavy atom. The molecule has 18 heavy (non-hydrogen) atoms. The van der Waals surface area contributed by atoms with Gasteiger partial charge in [0.1, 0.15) is 6.54 Å². The molecule has 0 bridgehead atoms. The van der Waals surface area contributed by atoms with E-state index in [9.17, 15) is 9.59 Å². The molecule has 4 heteroatoms. The number of hydrogen-bond donors (Lipinski definition) is 1. The second kappa shape index (κ2) is 6.79.